The van der Waals surface area contributed by atoms with Crippen LogP contribution < -0.4 is 16.4 Å². The van der Waals surface area contributed by atoms with Gasteiger partial charge >= 0.3 is 18.4 Å². The first-order chi connectivity index (χ1) is 13.1. The lowest BCUT2D eigenvalue weighted by atomic mass is 10.1. The Morgan fingerprint density at radius 2 is 1.36 bits per heavy atom. The summed E-state index contributed by atoms with van der Waals surface area (Å²) in [5.41, 5.74) is 22.0. The minimum absolute atomic E-state index is 0.211. The van der Waals surface area contributed by atoms with Crippen LogP contribution in [0.15, 0.2) is 0 Å². The van der Waals surface area contributed by atoms with Crippen molar-refractivity contribution in [1.29, 1.82) is 0 Å². The summed E-state index contributed by atoms with van der Waals surface area (Å²) in [6.07, 6.45) is 0.124. The molecule has 13 heteroatoms. The number of carboxylic acids is 1. The molecule has 0 bridgehead atoms. The van der Waals surface area contributed by atoms with Crippen LogP contribution in [0.3, 0.4) is 0 Å². The second-order valence-electron chi connectivity index (χ2n) is 5.75. The number of nitrogens with one attached hydrogen (secondary N) is 2. The van der Waals surface area contributed by atoms with E-state index in [1.54, 1.807) is 0 Å². The van der Waals surface area contributed by atoms with Crippen LogP contribution in [0.1, 0.15) is 32.6 Å². The van der Waals surface area contributed by atoms with Crippen molar-refractivity contribution in [2.45, 2.75) is 50.7 Å². The van der Waals surface area contributed by atoms with E-state index in [1.165, 1.54) is 6.92 Å². The number of carbonyl (C=O) groups is 5. The Labute approximate surface area is 159 Å². The average Bonchev–Trinajstić information content (AvgIpc) is 2.61. The second-order valence-corrected chi connectivity index (χ2v) is 5.75. The number of nitrogens with two attached hydrogens (primary N) is 1. The first-order valence-corrected chi connectivity index (χ1v) is 8.12. The molecule has 0 aromatic carbocycles. The Morgan fingerprint density at radius 1 is 0.929 bits per heavy atom. The Balaban J connectivity index is 5.17. The van der Waals surface area contributed by atoms with Crippen molar-refractivity contribution in [2.75, 3.05) is 0 Å². The molecule has 0 heterocycles. The number of aliphatic carboxylic acids is 1. The van der Waals surface area contributed by atoms with Crippen LogP contribution in [-0.4, -0.2) is 74.6 Å². The number of ketones is 2. The van der Waals surface area contributed by atoms with Crippen molar-refractivity contribution in [2.24, 2.45) is 5.73 Å². The number of nitrogens with zero attached hydrogens (tertiary/aromatic N) is 4. The summed E-state index contributed by atoms with van der Waals surface area (Å²) in [5.74, 6) is -4.32. The van der Waals surface area contributed by atoms with E-state index in [9.17, 15) is 29.1 Å². The molecule has 0 saturated carbocycles. The summed E-state index contributed by atoms with van der Waals surface area (Å²) in [6, 6.07) is -3.71. The smallest absolute Gasteiger partial charge is 0.326 e. The summed E-state index contributed by atoms with van der Waals surface area (Å²) in [7, 11) is 0. The van der Waals surface area contributed by atoms with Gasteiger partial charge in [0.1, 0.15) is 12.1 Å². The van der Waals surface area contributed by atoms with Gasteiger partial charge in [0.2, 0.25) is 23.4 Å². The van der Waals surface area contributed by atoms with E-state index < -0.39 is 47.5 Å². The van der Waals surface area contributed by atoms with Gasteiger partial charge in [-0.2, -0.15) is 9.58 Å². The van der Waals surface area contributed by atoms with Gasteiger partial charge in [-0.25, -0.2) is 4.79 Å². The molecular weight excluding hydrogens is 374 g/mol. The fourth-order valence-electron chi connectivity index (χ4n) is 1.93. The van der Waals surface area contributed by atoms with Gasteiger partial charge in [0.25, 0.3) is 0 Å². The van der Waals surface area contributed by atoms with Gasteiger partial charge in [0, 0.05) is 12.8 Å². The largest absolute Gasteiger partial charge is 0.480 e. The molecular formula is C15H21N7O6. The van der Waals surface area contributed by atoms with Gasteiger partial charge in [-0.3, -0.25) is 19.2 Å². The fraction of sp³-hybridized carbons (Fsp3) is 0.533. The van der Waals surface area contributed by atoms with Crippen molar-refractivity contribution in [1.82, 2.24) is 10.6 Å². The zero-order valence-corrected chi connectivity index (χ0v) is 15.1. The molecule has 0 saturated heterocycles. The molecule has 152 valence electrons. The molecule has 2 amide bonds. The Bertz CT molecular complexity index is 722. The highest BCUT2D eigenvalue weighted by Gasteiger charge is 2.28. The van der Waals surface area contributed by atoms with E-state index in [-0.39, 0.29) is 25.7 Å². The topological polar surface area (TPSA) is 228 Å². The van der Waals surface area contributed by atoms with Crippen LogP contribution in [-0.2, 0) is 24.0 Å². The van der Waals surface area contributed by atoms with E-state index in [2.05, 4.69) is 20.2 Å². The van der Waals surface area contributed by atoms with Gasteiger partial charge in [0.05, 0.1) is 6.04 Å². The van der Waals surface area contributed by atoms with Crippen LogP contribution >= 0.6 is 0 Å². The van der Waals surface area contributed by atoms with Crippen LogP contribution in [0, 0.1) is 0 Å². The van der Waals surface area contributed by atoms with Crippen LogP contribution in [0.4, 0.5) is 0 Å². The minimum Gasteiger partial charge on any atom is -0.480 e. The highest BCUT2D eigenvalue weighted by Crippen LogP contribution is 2.03. The zero-order chi connectivity index (χ0) is 21.7. The SMILES string of the molecule is CC(N)C(=O)NC(CCC(=O)C=[N+]=[N-])C(=O)NC(CCC(=O)C=[N+]=[N-])C(=O)O. The van der Waals surface area contributed by atoms with Crippen LogP contribution in [0.2, 0.25) is 0 Å². The number of carbonyl (C=O) groups excluding carboxylic acids is 4. The zero-order valence-electron chi connectivity index (χ0n) is 15.1. The van der Waals surface area contributed by atoms with Crippen molar-refractivity contribution in [3.63, 3.8) is 0 Å². The van der Waals surface area contributed by atoms with Crippen molar-refractivity contribution < 1.29 is 38.7 Å². The van der Waals surface area contributed by atoms with Gasteiger partial charge in [-0.1, -0.05) is 0 Å². The van der Waals surface area contributed by atoms with E-state index >= 15 is 0 Å². The monoisotopic (exact) mass is 395 g/mol. The molecule has 28 heavy (non-hydrogen) atoms. The molecule has 0 aliphatic carbocycles. The molecule has 0 aromatic heterocycles. The Kier molecular flexibility index (Phi) is 11.2. The van der Waals surface area contributed by atoms with Gasteiger partial charge in [-0.15, -0.1) is 0 Å². The van der Waals surface area contributed by atoms with Crippen LogP contribution in [0.25, 0.3) is 11.1 Å². The summed E-state index contributed by atoms with van der Waals surface area (Å²) in [5, 5.41) is 13.6. The number of hydrogen-bond donors (Lipinski definition) is 4. The summed E-state index contributed by atoms with van der Waals surface area (Å²) in [6.45, 7) is 1.36. The molecule has 13 nitrogen and oxygen atoms in total. The van der Waals surface area contributed by atoms with E-state index in [0.717, 1.165) is 0 Å². The Morgan fingerprint density at radius 3 is 1.75 bits per heavy atom. The third-order valence-corrected chi connectivity index (χ3v) is 3.42. The predicted octanol–water partition coefficient (Wildman–Crippen LogP) is -2.31. The number of hydrogen-bond acceptors (Lipinski definition) is 6. The molecule has 0 aromatic rings. The third kappa shape index (κ3) is 9.82. The fourth-order valence-corrected chi connectivity index (χ4v) is 1.93. The van der Waals surface area contributed by atoms with Crippen molar-refractivity contribution >= 4 is 41.8 Å². The first kappa shape index (κ1) is 24.5. The second kappa shape index (κ2) is 12.8. The Hall–Kier alpha value is -3.53. The molecule has 0 aliphatic rings. The quantitative estimate of drug-likeness (QED) is 0.151. The highest BCUT2D eigenvalue weighted by molar-refractivity contribution is 6.25. The van der Waals surface area contributed by atoms with E-state index in [0.29, 0.717) is 12.4 Å². The van der Waals surface area contributed by atoms with Crippen LogP contribution in [0.5, 0.6) is 0 Å². The molecule has 0 radical (unpaired) electrons. The van der Waals surface area contributed by atoms with Gasteiger partial charge < -0.3 is 32.5 Å². The van der Waals surface area contributed by atoms with Crippen molar-refractivity contribution in [3.05, 3.63) is 11.1 Å². The lowest BCUT2D eigenvalue weighted by molar-refractivity contribution is -0.142. The van der Waals surface area contributed by atoms with E-state index in [4.69, 9.17) is 16.8 Å². The van der Waals surface area contributed by atoms with Gasteiger partial charge in [0.15, 0.2) is 0 Å². The number of carboxylic acid groups (broad SMARTS) is 1. The molecule has 3 unspecified atom stereocenters. The molecule has 0 aliphatic heterocycles. The number of Topliss-reactive ketones (excluding diaryl/α,β-unsaturated/α-hetero) is 2. The third-order valence-electron chi connectivity index (χ3n) is 3.42. The van der Waals surface area contributed by atoms with E-state index in [1.807, 2.05) is 0 Å². The molecule has 0 rings (SSSR count). The standard InChI is InChI=1S/C15H21N7O6/c1-8(16)13(25)21-11(4-2-9(23)6-19-17)14(26)22-12(15(27)28)5-3-10(24)7-20-18/h6-8,11-12H,2-5,16H2,1H3,(H,21,25)(H,22,26)(H,27,28). The highest BCUT2D eigenvalue weighted by atomic mass is 16.4. The maximum Gasteiger partial charge on any atom is 0.326 e. The van der Waals surface area contributed by atoms with Gasteiger partial charge in [-0.05, 0) is 19.8 Å². The predicted molar refractivity (Wildman–Crippen MR) is 93.0 cm³/mol. The first-order valence-electron chi connectivity index (χ1n) is 8.12. The molecule has 3 atom stereocenters. The summed E-state index contributed by atoms with van der Waals surface area (Å²) < 4.78 is 0. The maximum absolute atomic E-state index is 12.4. The lowest BCUT2D eigenvalue weighted by Gasteiger charge is -2.21. The molecule has 0 spiro atoms. The summed E-state index contributed by atoms with van der Waals surface area (Å²) >= 11 is 0. The lowest BCUT2D eigenvalue weighted by Crippen LogP contribution is -2.54. The average molecular weight is 395 g/mol. The molecule has 5 N–H and O–H groups in total. The molecule has 0 fully saturated rings. The normalized spacial score (nSPS) is 12.9. The summed E-state index contributed by atoms with van der Waals surface area (Å²) in [4.78, 5) is 63.2. The minimum atomic E-state index is -1.46. The number of rotatable bonds is 13. The number of amides is 2. The van der Waals surface area contributed by atoms with Crippen molar-refractivity contribution in [3.8, 4) is 0 Å². The maximum atomic E-state index is 12.4.